The van der Waals surface area contributed by atoms with Gasteiger partial charge in [0.25, 0.3) is 0 Å². The molecule has 1 aromatic carbocycles. The van der Waals surface area contributed by atoms with E-state index in [0.717, 1.165) is 37.7 Å². The van der Waals surface area contributed by atoms with E-state index in [1.54, 1.807) is 6.20 Å². The van der Waals surface area contributed by atoms with Gasteiger partial charge in [-0.15, -0.1) is 0 Å². The molecule has 0 spiro atoms. The van der Waals surface area contributed by atoms with Crippen molar-refractivity contribution in [1.29, 1.82) is 0 Å². The molecule has 1 aliphatic heterocycles. The maximum Gasteiger partial charge on any atom is 0.317 e. The summed E-state index contributed by atoms with van der Waals surface area (Å²) in [5.41, 5.74) is 2.35. The Morgan fingerprint density at radius 2 is 2.00 bits per heavy atom. The molecule has 6 heteroatoms. The van der Waals surface area contributed by atoms with Crippen LogP contribution in [0.1, 0.15) is 30.4 Å². The molecule has 1 atom stereocenters. The van der Waals surface area contributed by atoms with Crippen LogP contribution in [-0.2, 0) is 12.8 Å². The summed E-state index contributed by atoms with van der Waals surface area (Å²) >= 11 is 0. The first kappa shape index (κ1) is 18.5. The number of nitrogens with one attached hydrogen (secondary N) is 2. The summed E-state index contributed by atoms with van der Waals surface area (Å²) in [5.74, 6) is 0.286. The third kappa shape index (κ3) is 5.33. The summed E-state index contributed by atoms with van der Waals surface area (Å²) in [7, 11) is 0. The van der Waals surface area contributed by atoms with Crippen molar-refractivity contribution in [2.45, 2.75) is 38.2 Å². The Morgan fingerprint density at radius 3 is 2.69 bits per heavy atom. The monoisotopic (exact) mass is 356 g/mol. The highest BCUT2D eigenvalue weighted by atomic mass is 16.3. The Labute approximate surface area is 154 Å². The summed E-state index contributed by atoms with van der Waals surface area (Å²) in [6, 6.07) is 10.3. The molecule has 6 nitrogen and oxygen atoms in total. The van der Waals surface area contributed by atoms with Crippen LogP contribution < -0.4 is 5.32 Å². The number of aromatic amines is 1. The molecule has 26 heavy (non-hydrogen) atoms. The lowest BCUT2D eigenvalue weighted by atomic mass is 9.88. The predicted molar refractivity (Wildman–Crippen MR) is 101 cm³/mol. The van der Waals surface area contributed by atoms with E-state index in [2.05, 4.69) is 27.6 Å². The standard InChI is InChI=1S/C20H28N4O2/c25-19(7-6-16-4-2-1-3-5-16)18-9-12-24(13-10-18)20(26)21-11-8-17-14-22-23-15-17/h1-5,14-15,18-19,25H,6-13H2,(H,21,26)(H,22,23). The van der Waals surface area contributed by atoms with Crippen molar-refractivity contribution in [2.24, 2.45) is 5.92 Å². The third-order valence-electron chi connectivity index (χ3n) is 5.19. The number of rotatable bonds is 7. The van der Waals surface area contributed by atoms with Gasteiger partial charge in [0.15, 0.2) is 0 Å². The van der Waals surface area contributed by atoms with Gasteiger partial charge < -0.3 is 15.3 Å². The predicted octanol–water partition coefficient (Wildman–Crippen LogP) is 2.37. The number of carbonyl (C=O) groups is 1. The lowest BCUT2D eigenvalue weighted by molar-refractivity contribution is 0.0611. The van der Waals surface area contributed by atoms with Gasteiger partial charge in [0, 0.05) is 25.8 Å². The molecule has 1 saturated heterocycles. The molecule has 0 aliphatic carbocycles. The number of aromatic nitrogens is 2. The quantitative estimate of drug-likeness (QED) is 0.712. The van der Waals surface area contributed by atoms with Crippen LogP contribution in [0.3, 0.4) is 0 Å². The third-order valence-corrected chi connectivity index (χ3v) is 5.19. The van der Waals surface area contributed by atoms with E-state index in [0.29, 0.717) is 19.6 Å². The van der Waals surface area contributed by atoms with Gasteiger partial charge in [0.1, 0.15) is 0 Å². The maximum absolute atomic E-state index is 12.2. The van der Waals surface area contributed by atoms with Crippen LogP contribution in [0.15, 0.2) is 42.7 Å². The molecular weight excluding hydrogens is 328 g/mol. The topological polar surface area (TPSA) is 81.2 Å². The van der Waals surface area contributed by atoms with Crippen LogP contribution in [-0.4, -0.2) is 52.0 Å². The SMILES string of the molecule is O=C(NCCc1cn[nH]c1)N1CCC(C(O)CCc2ccccc2)CC1. The highest BCUT2D eigenvalue weighted by Gasteiger charge is 2.27. The maximum atomic E-state index is 12.2. The fourth-order valence-electron chi connectivity index (χ4n) is 3.52. The number of amides is 2. The average Bonchev–Trinajstić information content (AvgIpc) is 3.20. The lowest BCUT2D eigenvalue weighted by Crippen LogP contribution is -2.46. The number of piperidine rings is 1. The van der Waals surface area contributed by atoms with Gasteiger partial charge in [-0.2, -0.15) is 5.10 Å². The van der Waals surface area contributed by atoms with Gasteiger partial charge in [-0.25, -0.2) is 4.79 Å². The first-order valence-electron chi connectivity index (χ1n) is 9.45. The summed E-state index contributed by atoms with van der Waals surface area (Å²) in [6.07, 6.45) is 7.51. The zero-order valence-electron chi connectivity index (χ0n) is 15.1. The van der Waals surface area contributed by atoms with Crippen LogP contribution in [0.5, 0.6) is 0 Å². The van der Waals surface area contributed by atoms with Crippen LogP contribution in [0, 0.1) is 5.92 Å². The lowest BCUT2D eigenvalue weighted by Gasteiger charge is -2.34. The molecule has 2 amide bonds. The zero-order valence-corrected chi connectivity index (χ0v) is 15.1. The van der Waals surface area contributed by atoms with Crippen molar-refractivity contribution in [2.75, 3.05) is 19.6 Å². The number of urea groups is 1. The molecule has 1 aliphatic rings. The molecule has 2 heterocycles. The number of aliphatic hydroxyl groups excluding tert-OH is 1. The Hall–Kier alpha value is -2.34. The van der Waals surface area contributed by atoms with Gasteiger partial charge in [-0.1, -0.05) is 30.3 Å². The summed E-state index contributed by atoms with van der Waals surface area (Å²) < 4.78 is 0. The van der Waals surface area contributed by atoms with Crippen LogP contribution >= 0.6 is 0 Å². The van der Waals surface area contributed by atoms with Gasteiger partial charge in [-0.3, -0.25) is 5.10 Å². The Balaban J connectivity index is 1.34. The molecule has 0 radical (unpaired) electrons. The molecule has 2 aromatic rings. The van der Waals surface area contributed by atoms with Crippen LogP contribution in [0.25, 0.3) is 0 Å². The van der Waals surface area contributed by atoms with Crippen LogP contribution in [0.4, 0.5) is 4.79 Å². The Bertz CT molecular complexity index is 652. The van der Waals surface area contributed by atoms with Crippen molar-refractivity contribution in [3.05, 3.63) is 53.9 Å². The number of benzene rings is 1. The molecule has 140 valence electrons. The van der Waals surface area contributed by atoms with E-state index in [-0.39, 0.29) is 18.1 Å². The Morgan fingerprint density at radius 1 is 1.23 bits per heavy atom. The average molecular weight is 356 g/mol. The fraction of sp³-hybridized carbons (Fsp3) is 0.500. The highest BCUT2D eigenvalue weighted by Crippen LogP contribution is 2.23. The minimum Gasteiger partial charge on any atom is -0.393 e. The first-order valence-corrected chi connectivity index (χ1v) is 9.45. The molecule has 0 bridgehead atoms. The normalized spacial score (nSPS) is 16.4. The van der Waals surface area contributed by atoms with Crippen molar-refractivity contribution < 1.29 is 9.90 Å². The molecule has 3 rings (SSSR count). The second-order valence-electron chi connectivity index (χ2n) is 7.00. The molecule has 1 aromatic heterocycles. The number of hydrogen-bond donors (Lipinski definition) is 3. The zero-order chi connectivity index (χ0) is 18.2. The summed E-state index contributed by atoms with van der Waals surface area (Å²) in [5, 5.41) is 20.1. The van der Waals surface area contributed by atoms with Gasteiger partial charge in [0.05, 0.1) is 12.3 Å². The van der Waals surface area contributed by atoms with E-state index < -0.39 is 0 Å². The smallest absolute Gasteiger partial charge is 0.317 e. The van der Waals surface area contributed by atoms with E-state index in [9.17, 15) is 9.90 Å². The van der Waals surface area contributed by atoms with Gasteiger partial charge >= 0.3 is 6.03 Å². The van der Waals surface area contributed by atoms with E-state index >= 15 is 0 Å². The van der Waals surface area contributed by atoms with Crippen molar-refractivity contribution >= 4 is 6.03 Å². The van der Waals surface area contributed by atoms with Gasteiger partial charge in [0.2, 0.25) is 0 Å². The van der Waals surface area contributed by atoms with E-state index in [1.807, 2.05) is 29.3 Å². The second-order valence-corrected chi connectivity index (χ2v) is 7.00. The van der Waals surface area contributed by atoms with E-state index in [1.165, 1.54) is 5.56 Å². The summed E-state index contributed by atoms with van der Waals surface area (Å²) in [6.45, 7) is 2.03. The molecule has 1 unspecified atom stereocenters. The number of aryl methyl sites for hydroxylation is 1. The van der Waals surface area contributed by atoms with Crippen LogP contribution in [0.2, 0.25) is 0 Å². The first-order chi connectivity index (χ1) is 12.7. The van der Waals surface area contributed by atoms with Gasteiger partial charge in [-0.05, 0) is 49.1 Å². The molecule has 3 N–H and O–H groups in total. The number of aliphatic hydroxyl groups is 1. The summed E-state index contributed by atoms with van der Waals surface area (Å²) in [4.78, 5) is 14.1. The fourth-order valence-corrected chi connectivity index (χ4v) is 3.52. The molecule has 1 fully saturated rings. The highest BCUT2D eigenvalue weighted by molar-refractivity contribution is 5.74. The Kier molecular flexibility index (Phi) is 6.66. The largest absolute Gasteiger partial charge is 0.393 e. The number of H-pyrrole nitrogens is 1. The van der Waals surface area contributed by atoms with Crippen molar-refractivity contribution in [3.8, 4) is 0 Å². The second kappa shape index (κ2) is 9.38. The molecular formula is C20H28N4O2. The van der Waals surface area contributed by atoms with Crippen molar-refractivity contribution in [1.82, 2.24) is 20.4 Å². The number of nitrogens with zero attached hydrogens (tertiary/aromatic N) is 2. The number of likely N-dealkylation sites (tertiary alicyclic amines) is 1. The van der Waals surface area contributed by atoms with E-state index in [4.69, 9.17) is 0 Å². The molecule has 0 saturated carbocycles. The minimum atomic E-state index is -0.290. The van der Waals surface area contributed by atoms with Crippen molar-refractivity contribution in [3.63, 3.8) is 0 Å². The number of hydrogen-bond acceptors (Lipinski definition) is 3. The minimum absolute atomic E-state index is 0.00859. The number of carbonyl (C=O) groups excluding carboxylic acids is 1.